The minimum Gasteiger partial charge on any atom is -0.232 e. The van der Waals surface area contributed by atoms with E-state index in [1.54, 1.807) is 0 Å². The van der Waals surface area contributed by atoms with Gasteiger partial charge in [0, 0.05) is 17.2 Å². The van der Waals surface area contributed by atoms with E-state index in [-0.39, 0.29) is 10.6 Å². The van der Waals surface area contributed by atoms with E-state index >= 15 is 0 Å². The molecule has 1 aromatic heterocycles. The Bertz CT molecular complexity index is 687. The molecule has 0 aliphatic rings. The molecule has 0 N–H and O–H groups in total. The van der Waals surface area contributed by atoms with Gasteiger partial charge in [-0.05, 0) is 12.1 Å². The maximum absolute atomic E-state index is 12.4. The Balaban J connectivity index is 2.36. The van der Waals surface area contributed by atoms with Gasteiger partial charge < -0.3 is 0 Å². The Morgan fingerprint density at radius 2 is 1.74 bits per heavy atom. The zero-order valence-corrected chi connectivity index (χ0v) is 11.2. The van der Waals surface area contributed by atoms with Crippen molar-refractivity contribution in [3.05, 3.63) is 34.7 Å². The summed E-state index contributed by atoms with van der Waals surface area (Å²) < 4.78 is 59.7. The average molecular weight is 307 g/mol. The Labute approximate surface area is 111 Å². The van der Waals surface area contributed by atoms with Gasteiger partial charge in [-0.3, -0.25) is 0 Å². The number of benzene rings is 1. The predicted molar refractivity (Wildman–Crippen MR) is 65.7 cm³/mol. The third kappa shape index (κ3) is 3.13. The molecule has 2 aromatic rings. The van der Waals surface area contributed by atoms with Gasteiger partial charge in [0.05, 0.1) is 10.6 Å². The first kappa shape index (κ1) is 14.0. The minimum absolute atomic E-state index is 0.113. The first-order chi connectivity index (χ1) is 8.68. The maximum atomic E-state index is 12.4. The highest BCUT2D eigenvalue weighted by Crippen LogP contribution is 2.34. The van der Waals surface area contributed by atoms with Crippen LogP contribution in [0, 0.1) is 0 Å². The zero-order valence-electron chi connectivity index (χ0n) is 9.60. The summed E-state index contributed by atoms with van der Waals surface area (Å²) in [7, 11) is -3.32. The first-order valence-electron chi connectivity index (χ1n) is 5.01. The molecule has 0 aliphatic heterocycles. The highest BCUT2D eigenvalue weighted by Gasteiger charge is 2.34. The Morgan fingerprint density at radius 3 is 2.16 bits per heavy atom. The average Bonchev–Trinajstić information content (AvgIpc) is 2.77. The summed E-state index contributed by atoms with van der Waals surface area (Å²) in [5.74, 6) is 0. The van der Waals surface area contributed by atoms with Crippen molar-refractivity contribution in [1.29, 1.82) is 0 Å². The van der Waals surface area contributed by atoms with Crippen molar-refractivity contribution in [3.63, 3.8) is 0 Å². The molecular formula is C11H8F3NO2S2. The van der Waals surface area contributed by atoms with E-state index in [1.807, 2.05) is 0 Å². The molecule has 3 nitrogen and oxygen atoms in total. The standard InChI is InChI=1S/C11H8F3NO2S2/c1-19(16,17)8-4-2-7(3-5-8)9-6-18-10(15-9)11(12,13)14/h2-6H,1H3. The van der Waals surface area contributed by atoms with Crippen molar-refractivity contribution < 1.29 is 21.6 Å². The quantitative estimate of drug-likeness (QED) is 0.856. The summed E-state index contributed by atoms with van der Waals surface area (Å²) in [5, 5.41) is 0.368. The van der Waals surface area contributed by atoms with Crippen molar-refractivity contribution >= 4 is 21.2 Å². The smallest absolute Gasteiger partial charge is 0.232 e. The van der Waals surface area contributed by atoms with Crippen LogP contribution in [-0.2, 0) is 16.0 Å². The lowest BCUT2D eigenvalue weighted by Crippen LogP contribution is -2.03. The van der Waals surface area contributed by atoms with E-state index in [1.165, 1.54) is 29.6 Å². The van der Waals surface area contributed by atoms with Crippen molar-refractivity contribution in [3.8, 4) is 11.3 Å². The van der Waals surface area contributed by atoms with Gasteiger partial charge in [-0.15, -0.1) is 11.3 Å². The van der Waals surface area contributed by atoms with Gasteiger partial charge in [-0.1, -0.05) is 12.1 Å². The Hall–Kier alpha value is -1.41. The molecule has 0 aliphatic carbocycles. The second-order valence-corrected chi connectivity index (χ2v) is 6.71. The lowest BCUT2D eigenvalue weighted by molar-refractivity contribution is -0.137. The largest absolute Gasteiger partial charge is 0.443 e. The lowest BCUT2D eigenvalue weighted by Gasteiger charge is -2.01. The van der Waals surface area contributed by atoms with E-state index in [4.69, 9.17) is 0 Å². The fourth-order valence-electron chi connectivity index (χ4n) is 1.41. The molecule has 0 atom stereocenters. The summed E-state index contributed by atoms with van der Waals surface area (Å²) in [6, 6.07) is 5.56. The fourth-order valence-corrected chi connectivity index (χ4v) is 2.74. The number of nitrogens with zero attached hydrogens (tertiary/aromatic N) is 1. The number of sulfone groups is 1. The van der Waals surface area contributed by atoms with Gasteiger partial charge in [-0.2, -0.15) is 13.2 Å². The van der Waals surface area contributed by atoms with Gasteiger partial charge in [-0.25, -0.2) is 13.4 Å². The van der Waals surface area contributed by atoms with Crippen molar-refractivity contribution in [2.75, 3.05) is 6.26 Å². The fraction of sp³-hybridized carbons (Fsp3) is 0.182. The van der Waals surface area contributed by atoms with Crippen LogP contribution in [0.4, 0.5) is 13.2 Å². The third-order valence-corrected chi connectivity index (χ3v) is 4.34. The third-order valence-electron chi connectivity index (χ3n) is 2.32. The number of hydrogen-bond donors (Lipinski definition) is 0. The molecular weight excluding hydrogens is 299 g/mol. The molecule has 0 radical (unpaired) electrons. The van der Waals surface area contributed by atoms with Crippen LogP contribution in [0.15, 0.2) is 34.5 Å². The Kier molecular flexibility index (Phi) is 3.40. The van der Waals surface area contributed by atoms with Gasteiger partial charge in [0.15, 0.2) is 14.8 Å². The minimum atomic E-state index is -4.46. The summed E-state index contributed by atoms with van der Waals surface area (Å²) in [6.45, 7) is 0. The number of halogens is 3. The molecule has 0 saturated carbocycles. The van der Waals surface area contributed by atoms with E-state index in [0.29, 0.717) is 16.9 Å². The molecule has 1 aromatic carbocycles. The van der Waals surface area contributed by atoms with E-state index in [2.05, 4.69) is 4.98 Å². The van der Waals surface area contributed by atoms with Crippen LogP contribution >= 0.6 is 11.3 Å². The summed E-state index contributed by atoms with van der Waals surface area (Å²) in [6.07, 6.45) is -3.40. The molecule has 1 heterocycles. The maximum Gasteiger partial charge on any atom is 0.443 e. The topological polar surface area (TPSA) is 47.0 Å². The van der Waals surface area contributed by atoms with Crippen LogP contribution in [0.3, 0.4) is 0 Å². The van der Waals surface area contributed by atoms with Gasteiger partial charge >= 0.3 is 6.18 Å². The van der Waals surface area contributed by atoms with Crippen molar-refractivity contribution in [2.45, 2.75) is 11.1 Å². The van der Waals surface area contributed by atoms with Gasteiger partial charge in [0.2, 0.25) is 0 Å². The normalized spacial score (nSPS) is 12.6. The molecule has 0 amide bonds. The molecule has 8 heteroatoms. The highest BCUT2D eigenvalue weighted by atomic mass is 32.2. The molecule has 0 fully saturated rings. The molecule has 2 rings (SSSR count). The van der Waals surface area contributed by atoms with Gasteiger partial charge in [0.25, 0.3) is 0 Å². The predicted octanol–water partition coefficient (Wildman–Crippen LogP) is 3.23. The molecule has 0 spiro atoms. The van der Waals surface area contributed by atoms with Crippen LogP contribution in [0.2, 0.25) is 0 Å². The molecule has 19 heavy (non-hydrogen) atoms. The monoisotopic (exact) mass is 307 g/mol. The summed E-state index contributed by atoms with van der Waals surface area (Å²) >= 11 is 0.507. The number of thiazole rings is 1. The highest BCUT2D eigenvalue weighted by molar-refractivity contribution is 7.90. The van der Waals surface area contributed by atoms with Crippen LogP contribution in [0.1, 0.15) is 5.01 Å². The van der Waals surface area contributed by atoms with Crippen LogP contribution in [-0.4, -0.2) is 19.7 Å². The molecule has 0 bridgehead atoms. The first-order valence-corrected chi connectivity index (χ1v) is 7.78. The molecule has 0 saturated heterocycles. The van der Waals surface area contributed by atoms with Gasteiger partial charge in [0.1, 0.15) is 0 Å². The number of hydrogen-bond acceptors (Lipinski definition) is 4. The Morgan fingerprint density at radius 1 is 1.16 bits per heavy atom. The van der Waals surface area contributed by atoms with E-state index < -0.39 is 21.0 Å². The summed E-state index contributed by atoms with van der Waals surface area (Å²) in [4.78, 5) is 3.60. The van der Waals surface area contributed by atoms with E-state index in [9.17, 15) is 21.6 Å². The number of alkyl halides is 3. The molecule has 0 unspecified atom stereocenters. The van der Waals surface area contributed by atoms with Crippen molar-refractivity contribution in [2.24, 2.45) is 0 Å². The lowest BCUT2D eigenvalue weighted by atomic mass is 10.2. The number of rotatable bonds is 2. The molecule has 102 valence electrons. The number of aromatic nitrogens is 1. The van der Waals surface area contributed by atoms with Crippen LogP contribution in [0.5, 0.6) is 0 Å². The van der Waals surface area contributed by atoms with Crippen LogP contribution in [0.25, 0.3) is 11.3 Å². The second-order valence-electron chi connectivity index (χ2n) is 3.83. The summed E-state index contributed by atoms with van der Waals surface area (Å²) in [5.41, 5.74) is 0.622. The van der Waals surface area contributed by atoms with Crippen LogP contribution < -0.4 is 0 Å². The van der Waals surface area contributed by atoms with E-state index in [0.717, 1.165) is 6.26 Å². The zero-order chi connectivity index (χ0) is 14.3. The second kappa shape index (κ2) is 4.61. The SMILES string of the molecule is CS(=O)(=O)c1ccc(-c2csc(C(F)(F)F)n2)cc1. The van der Waals surface area contributed by atoms with Crippen molar-refractivity contribution in [1.82, 2.24) is 4.98 Å².